The van der Waals surface area contributed by atoms with Crippen molar-refractivity contribution in [3.8, 4) is 5.75 Å². The Morgan fingerprint density at radius 3 is 3.00 bits per heavy atom. The van der Waals surface area contributed by atoms with Crippen LogP contribution in [-0.2, 0) is 0 Å². The van der Waals surface area contributed by atoms with Crippen LogP contribution in [0.2, 0.25) is 0 Å². The molecule has 1 aromatic rings. The van der Waals surface area contributed by atoms with Crippen molar-refractivity contribution in [3.63, 3.8) is 0 Å². The standard InChI is InChI=1S/C11H15NOS/c1-8-7-14-10-6-4-5-9(13-3)11(10)12(8)2/h4-6,8H,7H2,1-3H3. The van der Waals surface area contributed by atoms with Gasteiger partial charge in [-0.25, -0.2) is 0 Å². The summed E-state index contributed by atoms with van der Waals surface area (Å²) in [6.45, 7) is 2.24. The molecule has 0 bridgehead atoms. The topological polar surface area (TPSA) is 12.5 Å². The minimum Gasteiger partial charge on any atom is -0.495 e. The Balaban J connectivity index is 2.49. The highest BCUT2D eigenvalue weighted by atomic mass is 32.2. The molecule has 0 fully saturated rings. The second-order valence-electron chi connectivity index (χ2n) is 3.58. The van der Waals surface area contributed by atoms with E-state index in [-0.39, 0.29) is 0 Å². The summed E-state index contributed by atoms with van der Waals surface area (Å²) in [5, 5.41) is 0. The third-order valence-electron chi connectivity index (χ3n) is 2.68. The highest BCUT2D eigenvalue weighted by Crippen LogP contribution is 2.42. The second kappa shape index (κ2) is 3.73. The number of thioether (sulfide) groups is 1. The number of ether oxygens (including phenoxy) is 1. The summed E-state index contributed by atoms with van der Waals surface area (Å²) in [6.07, 6.45) is 0. The van der Waals surface area contributed by atoms with Gasteiger partial charge in [-0.2, -0.15) is 0 Å². The maximum atomic E-state index is 5.38. The average molecular weight is 209 g/mol. The molecular weight excluding hydrogens is 194 g/mol. The van der Waals surface area contributed by atoms with Crippen LogP contribution in [-0.4, -0.2) is 26.0 Å². The molecule has 1 aliphatic rings. The van der Waals surface area contributed by atoms with Gasteiger partial charge in [-0.1, -0.05) is 6.07 Å². The molecule has 0 saturated heterocycles. The smallest absolute Gasteiger partial charge is 0.143 e. The van der Waals surface area contributed by atoms with Crippen LogP contribution in [0.3, 0.4) is 0 Å². The van der Waals surface area contributed by atoms with E-state index in [9.17, 15) is 0 Å². The lowest BCUT2D eigenvalue weighted by molar-refractivity contribution is 0.412. The van der Waals surface area contributed by atoms with E-state index in [0.717, 1.165) is 11.5 Å². The van der Waals surface area contributed by atoms with Gasteiger partial charge in [-0.3, -0.25) is 0 Å². The minimum absolute atomic E-state index is 0.573. The summed E-state index contributed by atoms with van der Waals surface area (Å²) in [5.74, 6) is 2.13. The third-order valence-corrected chi connectivity index (χ3v) is 3.97. The Morgan fingerprint density at radius 1 is 1.50 bits per heavy atom. The van der Waals surface area contributed by atoms with Crippen LogP contribution in [0.15, 0.2) is 23.1 Å². The van der Waals surface area contributed by atoms with Gasteiger partial charge >= 0.3 is 0 Å². The first kappa shape index (κ1) is 9.71. The Kier molecular flexibility index (Phi) is 2.59. The van der Waals surface area contributed by atoms with Gasteiger partial charge in [0.05, 0.1) is 12.8 Å². The third kappa shape index (κ3) is 1.46. The molecule has 0 N–H and O–H groups in total. The van der Waals surface area contributed by atoms with Gasteiger partial charge in [-0.05, 0) is 19.1 Å². The molecular formula is C11H15NOS. The first-order chi connectivity index (χ1) is 6.74. The molecule has 0 amide bonds. The quantitative estimate of drug-likeness (QED) is 0.705. The van der Waals surface area contributed by atoms with Crippen molar-refractivity contribution < 1.29 is 4.74 Å². The van der Waals surface area contributed by atoms with Crippen molar-refractivity contribution in [2.75, 3.05) is 24.8 Å². The summed E-state index contributed by atoms with van der Waals surface area (Å²) in [5.41, 5.74) is 1.23. The Bertz CT molecular complexity index is 326. The predicted molar refractivity (Wildman–Crippen MR) is 61.6 cm³/mol. The van der Waals surface area contributed by atoms with Crippen molar-refractivity contribution >= 4 is 17.4 Å². The summed E-state index contributed by atoms with van der Waals surface area (Å²) < 4.78 is 5.38. The zero-order chi connectivity index (χ0) is 10.1. The highest BCUT2D eigenvalue weighted by Gasteiger charge is 2.23. The number of methoxy groups -OCH3 is 1. The van der Waals surface area contributed by atoms with Gasteiger partial charge < -0.3 is 9.64 Å². The van der Waals surface area contributed by atoms with Crippen LogP contribution in [0.25, 0.3) is 0 Å². The summed E-state index contributed by atoms with van der Waals surface area (Å²) in [4.78, 5) is 3.62. The van der Waals surface area contributed by atoms with E-state index < -0.39 is 0 Å². The first-order valence-electron chi connectivity index (χ1n) is 4.76. The molecule has 3 heteroatoms. The van der Waals surface area contributed by atoms with E-state index in [2.05, 4.69) is 31.0 Å². The minimum atomic E-state index is 0.573. The first-order valence-corrected chi connectivity index (χ1v) is 5.75. The van der Waals surface area contributed by atoms with Crippen molar-refractivity contribution in [2.24, 2.45) is 0 Å². The van der Waals surface area contributed by atoms with E-state index in [1.54, 1.807) is 7.11 Å². The molecule has 0 aromatic heterocycles. The number of nitrogens with zero attached hydrogens (tertiary/aromatic N) is 1. The fourth-order valence-electron chi connectivity index (χ4n) is 1.67. The summed E-state index contributed by atoms with van der Waals surface area (Å²) in [7, 11) is 3.86. The van der Waals surface area contributed by atoms with Crippen LogP contribution in [0, 0.1) is 0 Å². The van der Waals surface area contributed by atoms with E-state index in [1.165, 1.54) is 10.6 Å². The number of fused-ring (bicyclic) bond motifs is 1. The lowest BCUT2D eigenvalue weighted by Gasteiger charge is -2.34. The van der Waals surface area contributed by atoms with E-state index in [1.807, 2.05) is 17.8 Å². The molecule has 2 nitrogen and oxygen atoms in total. The monoisotopic (exact) mass is 209 g/mol. The summed E-state index contributed by atoms with van der Waals surface area (Å²) >= 11 is 1.91. The number of anilines is 1. The van der Waals surface area contributed by atoms with Crippen LogP contribution >= 0.6 is 11.8 Å². The van der Waals surface area contributed by atoms with Crippen LogP contribution in [0.1, 0.15) is 6.92 Å². The molecule has 2 rings (SSSR count). The van der Waals surface area contributed by atoms with E-state index in [4.69, 9.17) is 4.74 Å². The molecule has 1 atom stereocenters. The van der Waals surface area contributed by atoms with Crippen molar-refractivity contribution in [1.29, 1.82) is 0 Å². The molecule has 0 saturated carbocycles. The Labute approximate surface area is 89.2 Å². The van der Waals surface area contributed by atoms with Gasteiger partial charge in [0.25, 0.3) is 0 Å². The van der Waals surface area contributed by atoms with Crippen molar-refractivity contribution in [2.45, 2.75) is 17.9 Å². The molecule has 1 heterocycles. The molecule has 0 spiro atoms. The predicted octanol–water partition coefficient (Wildman–Crippen LogP) is 2.63. The lowest BCUT2D eigenvalue weighted by atomic mass is 10.2. The van der Waals surface area contributed by atoms with Crippen LogP contribution < -0.4 is 9.64 Å². The zero-order valence-corrected chi connectivity index (χ0v) is 9.60. The number of hydrogen-bond acceptors (Lipinski definition) is 3. The van der Waals surface area contributed by atoms with E-state index in [0.29, 0.717) is 6.04 Å². The van der Waals surface area contributed by atoms with Crippen molar-refractivity contribution in [1.82, 2.24) is 0 Å². The molecule has 14 heavy (non-hydrogen) atoms. The zero-order valence-electron chi connectivity index (χ0n) is 8.78. The van der Waals surface area contributed by atoms with Gasteiger partial charge in [0, 0.05) is 23.7 Å². The highest BCUT2D eigenvalue weighted by molar-refractivity contribution is 7.99. The number of para-hydroxylation sites is 1. The fourth-order valence-corrected chi connectivity index (χ4v) is 2.87. The maximum Gasteiger partial charge on any atom is 0.143 e. The van der Waals surface area contributed by atoms with Gasteiger partial charge in [0.2, 0.25) is 0 Å². The molecule has 1 aliphatic heterocycles. The van der Waals surface area contributed by atoms with Gasteiger partial charge in [0.15, 0.2) is 0 Å². The largest absolute Gasteiger partial charge is 0.495 e. The second-order valence-corrected chi connectivity index (χ2v) is 4.64. The molecule has 1 unspecified atom stereocenters. The lowest BCUT2D eigenvalue weighted by Crippen LogP contribution is -2.34. The Hall–Kier alpha value is -0.830. The van der Waals surface area contributed by atoms with Crippen molar-refractivity contribution in [3.05, 3.63) is 18.2 Å². The van der Waals surface area contributed by atoms with Gasteiger partial charge in [-0.15, -0.1) is 11.8 Å². The molecule has 76 valence electrons. The SMILES string of the molecule is COc1cccc2c1N(C)C(C)CS2. The normalized spacial score (nSPS) is 20.5. The molecule has 0 aliphatic carbocycles. The molecule has 1 aromatic carbocycles. The number of benzene rings is 1. The number of hydrogen-bond donors (Lipinski definition) is 0. The molecule has 0 radical (unpaired) electrons. The fraction of sp³-hybridized carbons (Fsp3) is 0.455. The average Bonchev–Trinajstić information content (AvgIpc) is 2.23. The van der Waals surface area contributed by atoms with E-state index >= 15 is 0 Å². The number of rotatable bonds is 1. The summed E-state index contributed by atoms with van der Waals surface area (Å²) in [6, 6.07) is 6.80. The van der Waals surface area contributed by atoms with Crippen LogP contribution in [0.4, 0.5) is 5.69 Å². The van der Waals surface area contributed by atoms with Gasteiger partial charge in [0.1, 0.15) is 5.75 Å². The maximum absolute atomic E-state index is 5.38. The van der Waals surface area contributed by atoms with Crippen LogP contribution in [0.5, 0.6) is 5.75 Å². The Morgan fingerprint density at radius 2 is 2.29 bits per heavy atom.